The maximum Gasteiger partial charge on any atom is 0.225 e. The van der Waals surface area contributed by atoms with E-state index in [0.717, 1.165) is 6.42 Å². The Morgan fingerprint density at radius 3 is 2.61 bits per heavy atom. The van der Waals surface area contributed by atoms with Crippen molar-refractivity contribution in [2.45, 2.75) is 26.2 Å². The lowest BCUT2D eigenvalue weighted by Gasteiger charge is -2.10. The number of carbonyl (C=O) groups is 3. The maximum atomic E-state index is 11.7. The molecule has 0 spiro atoms. The molecule has 0 aromatic rings. The van der Waals surface area contributed by atoms with Crippen LogP contribution in [0.3, 0.4) is 0 Å². The monoisotopic (exact) mass is 255 g/mol. The molecule has 0 saturated carbocycles. The Balaban J connectivity index is 2.18. The third-order valence-electron chi connectivity index (χ3n) is 2.94. The van der Waals surface area contributed by atoms with E-state index in [-0.39, 0.29) is 36.5 Å². The fourth-order valence-electron chi connectivity index (χ4n) is 1.84. The van der Waals surface area contributed by atoms with Crippen molar-refractivity contribution in [1.29, 1.82) is 0 Å². The summed E-state index contributed by atoms with van der Waals surface area (Å²) in [5.41, 5.74) is 0. The Hall–Kier alpha value is -1.59. The smallest absolute Gasteiger partial charge is 0.225 e. The third kappa shape index (κ3) is 4.35. The summed E-state index contributed by atoms with van der Waals surface area (Å²) >= 11 is 0. The zero-order valence-electron chi connectivity index (χ0n) is 11.0. The summed E-state index contributed by atoms with van der Waals surface area (Å²) in [7, 11) is 1.69. The van der Waals surface area contributed by atoms with Crippen molar-refractivity contribution in [2.24, 2.45) is 5.92 Å². The molecule has 1 aliphatic rings. The lowest BCUT2D eigenvalue weighted by Crippen LogP contribution is -2.35. The molecule has 1 aliphatic heterocycles. The summed E-state index contributed by atoms with van der Waals surface area (Å²) in [5.74, 6) is -0.482. The second-order valence-corrected chi connectivity index (χ2v) is 4.57. The van der Waals surface area contributed by atoms with Gasteiger partial charge in [0, 0.05) is 39.5 Å². The fourth-order valence-corrected chi connectivity index (χ4v) is 1.84. The number of nitrogens with one attached hydrogen (secondary N) is 2. The largest absolute Gasteiger partial charge is 0.356 e. The van der Waals surface area contributed by atoms with Crippen LogP contribution in [-0.4, -0.2) is 49.3 Å². The van der Waals surface area contributed by atoms with E-state index >= 15 is 0 Å². The van der Waals surface area contributed by atoms with Gasteiger partial charge in [0.25, 0.3) is 0 Å². The summed E-state index contributed by atoms with van der Waals surface area (Å²) in [4.78, 5) is 35.8. The molecule has 6 nitrogen and oxygen atoms in total. The van der Waals surface area contributed by atoms with Gasteiger partial charge >= 0.3 is 0 Å². The number of carbonyl (C=O) groups excluding carboxylic acids is 3. The molecular formula is C12H21N3O3. The molecule has 0 aromatic heterocycles. The number of rotatable bonds is 6. The molecule has 18 heavy (non-hydrogen) atoms. The molecule has 0 radical (unpaired) electrons. The Morgan fingerprint density at radius 1 is 1.33 bits per heavy atom. The van der Waals surface area contributed by atoms with E-state index in [9.17, 15) is 14.4 Å². The number of hydrogen-bond acceptors (Lipinski definition) is 3. The van der Waals surface area contributed by atoms with Crippen molar-refractivity contribution < 1.29 is 14.4 Å². The van der Waals surface area contributed by atoms with Crippen molar-refractivity contribution >= 4 is 17.7 Å². The molecular weight excluding hydrogens is 234 g/mol. The van der Waals surface area contributed by atoms with Gasteiger partial charge in [-0.2, -0.15) is 0 Å². The Morgan fingerprint density at radius 2 is 2.06 bits per heavy atom. The van der Waals surface area contributed by atoms with Crippen LogP contribution in [0.2, 0.25) is 0 Å². The number of hydrogen-bond donors (Lipinski definition) is 2. The predicted octanol–water partition coefficient (Wildman–Crippen LogP) is -0.503. The normalized spacial score (nSPS) is 18.9. The second kappa shape index (κ2) is 6.98. The Labute approximate surface area is 107 Å². The lowest BCUT2D eigenvalue weighted by atomic mass is 10.1. The topological polar surface area (TPSA) is 78.5 Å². The number of likely N-dealkylation sites (tertiary alicyclic amines) is 1. The highest BCUT2D eigenvalue weighted by Gasteiger charge is 2.31. The molecule has 1 heterocycles. The second-order valence-electron chi connectivity index (χ2n) is 4.57. The first-order chi connectivity index (χ1) is 8.54. The molecule has 6 heteroatoms. The molecule has 0 bridgehead atoms. The van der Waals surface area contributed by atoms with E-state index in [1.54, 1.807) is 11.9 Å². The zero-order valence-corrected chi connectivity index (χ0v) is 11.0. The maximum absolute atomic E-state index is 11.7. The van der Waals surface area contributed by atoms with Gasteiger partial charge in [-0.1, -0.05) is 6.92 Å². The van der Waals surface area contributed by atoms with Gasteiger partial charge in [0.1, 0.15) is 0 Å². The lowest BCUT2D eigenvalue weighted by molar-refractivity contribution is -0.128. The summed E-state index contributed by atoms with van der Waals surface area (Å²) in [6, 6.07) is 0. The van der Waals surface area contributed by atoms with Crippen LogP contribution < -0.4 is 10.6 Å². The minimum absolute atomic E-state index is 0.00385. The van der Waals surface area contributed by atoms with Crippen LogP contribution in [0.4, 0.5) is 0 Å². The van der Waals surface area contributed by atoms with Crippen LogP contribution in [0.25, 0.3) is 0 Å². The molecule has 1 rings (SSSR count). The first-order valence-corrected chi connectivity index (χ1v) is 6.33. The van der Waals surface area contributed by atoms with Gasteiger partial charge in [0.2, 0.25) is 17.7 Å². The highest BCUT2D eigenvalue weighted by atomic mass is 16.2. The summed E-state index contributed by atoms with van der Waals surface area (Å²) in [6.07, 6.45) is 1.45. The van der Waals surface area contributed by atoms with E-state index in [1.165, 1.54) is 0 Å². The molecule has 1 unspecified atom stereocenters. The summed E-state index contributed by atoms with van der Waals surface area (Å²) < 4.78 is 0. The van der Waals surface area contributed by atoms with Crippen LogP contribution >= 0.6 is 0 Å². The van der Waals surface area contributed by atoms with E-state index in [4.69, 9.17) is 0 Å². The highest BCUT2D eigenvalue weighted by molar-refractivity contribution is 5.89. The van der Waals surface area contributed by atoms with Gasteiger partial charge in [-0.05, 0) is 6.42 Å². The van der Waals surface area contributed by atoms with Gasteiger partial charge in [-0.3, -0.25) is 14.4 Å². The van der Waals surface area contributed by atoms with Crippen molar-refractivity contribution in [1.82, 2.24) is 15.5 Å². The van der Waals surface area contributed by atoms with Crippen molar-refractivity contribution in [3.8, 4) is 0 Å². The van der Waals surface area contributed by atoms with Crippen LogP contribution in [0.15, 0.2) is 0 Å². The standard InChI is InChI=1S/C12H21N3O3/c1-3-5-13-10(16)4-6-14-12(18)9-7-11(17)15(2)8-9/h9H,3-8H2,1-2H3,(H,13,16)(H,14,18). The number of amides is 3. The van der Waals surface area contributed by atoms with E-state index in [2.05, 4.69) is 10.6 Å². The van der Waals surface area contributed by atoms with E-state index in [0.29, 0.717) is 19.6 Å². The SMILES string of the molecule is CCCNC(=O)CCNC(=O)C1CC(=O)N(C)C1. The predicted molar refractivity (Wildman–Crippen MR) is 66.7 cm³/mol. The summed E-state index contributed by atoms with van der Waals surface area (Å²) in [5, 5.41) is 5.43. The molecule has 2 N–H and O–H groups in total. The quantitative estimate of drug-likeness (QED) is 0.671. The fraction of sp³-hybridized carbons (Fsp3) is 0.750. The van der Waals surface area contributed by atoms with Crippen LogP contribution in [0.1, 0.15) is 26.2 Å². The molecule has 3 amide bonds. The molecule has 102 valence electrons. The molecule has 1 atom stereocenters. The van der Waals surface area contributed by atoms with Crippen LogP contribution in [0, 0.1) is 5.92 Å². The minimum atomic E-state index is -0.277. The zero-order chi connectivity index (χ0) is 13.5. The summed E-state index contributed by atoms with van der Waals surface area (Å²) in [6.45, 7) is 3.43. The average Bonchev–Trinajstić information content (AvgIpc) is 2.67. The molecule has 0 aliphatic carbocycles. The van der Waals surface area contributed by atoms with Crippen molar-refractivity contribution in [2.75, 3.05) is 26.7 Å². The van der Waals surface area contributed by atoms with Gasteiger partial charge < -0.3 is 15.5 Å². The van der Waals surface area contributed by atoms with E-state index < -0.39 is 0 Å². The van der Waals surface area contributed by atoms with Crippen molar-refractivity contribution in [3.63, 3.8) is 0 Å². The first-order valence-electron chi connectivity index (χ1n) is 6.33. The van der Waals surface area contributed by atoms with Gasteiger partial charge in [0.05, 0.1) is 5.92 Å². The van der Waals surface area contributed by atoms with Crippen molar-refractivity contribution in [3.05, 3.63) is 0 Å². The molecule has 1 saturated heterocycles. The Kier molecular flexibility index (Phi) is 5.61. The van der Waals surface area contributed by atoms with Gasteiger partial charge in [0.15, 0.2) is 0 Å². The van der Waals surface area contributed by atoms with Gasteiger partial charge in [-0.25, -0.2) is 0 Å². The number of nitrogens with zero attached hydrogens (tertiary/aromatic N) is 1. The minimum Gasteiger partial charge on any atom is -0.356 e. The van der Waals surface area contributed by atoms with E-state index in [1.807, 2.05) is 6.92 Å². The molecule has 1 fully saturated rings. The third-order valence-corrected chi connectivity index (χ3v) is 2.94. The Bertz CT molecular complexity index is 331. The van der Waals surface area contributed by atoms with Crippen LogP contribution in [0.5, 0.6) is 0 Å². The molecule has 0 aromatic carbocycles. The van der Waals surface area contributed by atoms with Crippen LogP contribution in [-0.2, 0) is 14.4 Å². The van der Waals surface area contributed by atoms with Gasteiger partial charge in [-0.15, -0.1) is 0 Å². The first kappa shape index (κ1) is 14.5. The average molecular weight is 255 g/mol. The highest BCUT2D eigenvalue weighted by Crippen LogP contribution is 2.15.